The molecule has 1 aliphatic rings. The largest absolute Gasteiger partial charge is 0.351 e. The fourth-order valence-electron chi connectivity index (χ4n) is 5.00. The molecule has 0 aromatic heterocycles. The van der Waals surface area contributed by atoms with E-state index in [0.29, 0.717) is 22.6 Å². The highest BCUT2D eigenvalue weighted by molar-refractivity contribution is 7.86. The van der Waals surface area contributed by atoms with E-state index in [2.05, 4.69) is 15.6 Å². The normalized spacial score (nSPS) is 14.9. The predicted octanol–water partition coefficient (Wildman–Crippen LogP) is 1.37. The van der Waals surface area contributed by atoms with E-state index < -0.39 is 77.9 Å². The monoisotopic (exact) mass is 687 g/mol. The van der Waals surface area contributed by atoms with Gasteiger partial charge in [0.1, 0.15) is 6.54 Å². The molecular formula is C27H35N4O11S3+. The molecule has 0 aliphatic carbocycles. The molecule has 246 valence electrons. The SMILES string of the molecule is CC1(C)C(CC=Nc2ccccc2)=[N+](CCCS(=O)(=O)O)c2cc(C(=O)NCCS(=O)(=O)O)cc(C(=O)NCCS(=O)(=O)O)c21. The van der Waals surface area contributed by atoms with Crippen molar-refractivity contribution in [2.24, 2.45) is 4.99 Å². The lowest BCUT2D eigenvalue weighted by Gasteiger charge is -2.20. The van der Waals surface area contributed by atoms with E-state index in [0.717, 1.165) is 0 Å². The molecule has 45 heavy (non-hydrogen) atoms. The maximum absolute atomic E-state index is 13.5. The molecule has 2 aromatic carbocycles. The van der Waals surface area contributed by atoms with Crippen LogP contribution >= 0.6 is 0 Å². The third-order valence-corrected chi connectivity index (χ3v) is 9.19. The van der Waals surface area contributed by atoms with Gasteiger partial charge in [-0.05, 0) is 32.0 Å². The smallest absolute Gasteiger partial charge is 0.266 e. The zero-order valence-corrected chi connectivity index (χ0v) is 27.0. The van der Waals surface area contributed by atoms with E-state index in [4.69, 9.17) is 9.11 Å². The number of aliphatic imine (C=N–C) groups is 1. The van der Waals surface area contributed by atoms with Gasteiger partial charge in [-0.1, -0.05) is 18.2 Å². The van der Waals surface area contributed by atoms with Gasteiger partial charge < -0.3 is 10.6 Å². The highest BCUT2D eigenvalue weighted by Crippen LogP contribution is 2.43. The highest BCUT2D eigenvalue weighted by atomic mass is 32.2. The standard InChI is InChI=1S/C27H34N4O11S3/c1-27(2)23(9-10-28-20-7-4-3-5-8-20)31(13-6-14-43(34,35)36)22-18-19(25(32)29-11-15-44(37,38)39)17-21(24(22)27)26(33)30-12-16-45(40,41)42/h3-5,7-8,10,17-18H,6,9,11-16H2,1-2H3,(H4-,29,30,32,33,34,35,36,37,38,39,40,41,42)/p+1. The number of carbonyl (C=O) groups is 2. The number of carbonyl (C=O) groups excluding carboxylic acids is 2. The second kappa shape index (κ2) is 14.3. The minimum atomic E-state index is -4.40. The van der Waals surface area contributed by atoms with Gasteiger partial charge in [-0.3, -0.25) is 28.2 Å². The van der Waals surface area contributed by atoms with E-state index in [1.807, 2.05) is 18.2 Å². The van der Waals surface area contributed by atoms with E-state index >= 15 is 0 Å². The Morgan fingerprint density at radius 1 is 0.844 bits per heavy atom. The molecule has 0 unspecified atom stereocenters. The van der Waals surface area contributed by atoms with Crippen molar-refractivity contribution in [2.45, 2.75) is 32.1 Å². The summed E-state index contributed by atoms with van der Waals surface area (Å²) < 4.78 is 96.9. The second-order valence-electron chi connectivity index (χ2n) is 10.7. The molecular weight excluding hydrogens is 653 g/mol. The Kier molecular flexibility index (Phi) is 11.4. The highest BCUT2D eigenvalue weighted by Gasteiger charge is 2.48. The number of amides is 2. The van der Waals surface area contributed by atoms with Crippen LogP contribution in [0.1, 0.15) is 53.0 Å². The number of nitrogens with zero attached hydrogens (tertiary/aromatic N) is 2. The van der Waals surface area contributed by atoms with E-state index in [9.17, 15) is 39.4 Å². The van der Waals surface area contributed by atoms with E-state index in [1.165, 1.54) is 12.1 Å². The van der Waals surface area contributed by atoms with Gasteiger partial charge in [-0.15, -0.1) is 0 Å². The van der Waals surface area contributed by atoms with Crippen LogP contribution in [-0.4, -0.2) is 104 Å². The second-order valence-corrected chi connectivity index (χ2v) is 15.4. The van der Waals surface area contributed by atoms with Gasteiger partial charge in [0.15, 0.2) is 5.71 Å². The maximum atomic E-state index is 13.5. The minimum absolute atomic E-state index is 0.0254. The lowest BCUT2D eigenvalue weighted by molar-refractivity contribution is -0.439. The molecule has 0 atom stereocenters. The van der Waals surface area contributed by atoms with Gasteiger partial charge in [0.05, 0.1) is 45.9 Å². The van der Waals surface area contributed by atoms with E-state index in [-0.39, 0.29) is 30.5 Å². The Hall–Kier alpha value is -3.55. The van der Waals surface area contributed by atoms with Crippen LogP contribution in [0.4, 0.5) is 11.4 Å². The Balaban J connectivity index is 2.14. The Morgan fingerprint density at radius 2 is 1.40 bits per heavy atom. The van der Waals surface area contributed by atoms with Gasteiger partial charge in [-0.2, -0.15) is 29.8 Å². The quantitative estimate of drug-likeness (QED) is 0.102. The van der Waals surface area contributed by atoms with Gasteiger partial charge in [-0.25, -0.2) is 0 Å². The van der Waals surface area contributed by atoms with Crippen molar-refractivity contribution >= 4 is 65.5 Å². The van der Waals surface area contributed by atoms with Gasteiger partial charge in [0.2, 0.25) is 5.69 Å². The van der Waals surface area contributed by atoms with E-state index in [1.54, 1.807) is 36.8 Å². The predicted molar refractivity (Wildman–Crippen MR) is 167 cm³/mol. The molecule has 0 spiro atoms. The first-order valence-electron chi connectivity index (χ1n) is 13.6. The molecule has 2 aromatic rings. The Labute approximate surface area is 261 Å². The first-order valence-corrected chi connectivity index (χ1v) is 18.4. The number of hydrogen-bond acceptors (Lipinski definition) is 9. The molecule has 0 saturated heterocycles. The summed E-state index contributed by atoms with van der Waals surface area (Å²) in [5.41, 5.74) is 1.08. The molecule has 2 amide bonds. The van der Waals surface area contributed by atoms with Gasteiger partial charge in [0, 0.05) is 37.4 Å². The first-order chi connectivity index (χ1) is 20.8. The summed E-state index contributed by atoms with van der Waals surface area (Å²) in [5, 5.41) is 4.78. The van der Waals surface area contributed by atoms with Gasteiger partial charge >= 0.3 is 0 Å². The van der Waals surface area contributed by atoms with Crippen LogP contribution < -0.4 is 10.6 Å². The summed E-state index contributed by atoms with van der Waals surface area (Å²) in [4.78, 5) is 31.0. The third-order valence-electron chi connectivity index (χ3n) is 6.94. The molecule has 1 heterocycles. The van der Waals surface area contributed by atoms with Crippen molar-refractivity contribution in [3.05, 3.63) is 59.2 Å². The molecule has 3 rings (SSSR count). The van der Waals surface area contributed by atoms with Gasteiger partial charge in [0.25, 0.3) is 42.2 Å². The fourth-order valence-corrected chi connectivity index (χ4v) is 6.21. The molecule has 1 aliphatic heterocycles. The number of benzene rings is 2. The number of fused-ring (bicyclic) bond motifs is 1. The molecule has 5 N–H and O–H groups in total. The third kappa shape index (κ3) is 10.5. The Morgan fingerprint density at radius 3 is 1.96 bits per heavy atom. The molecule has 18 heteroatoms. The topological polar surface area (TPSA) is 237 Å². The van der Waals surface area contributed by atoms with Crippen LogP contribution in [-0.2, 0) is 35.8 Å². The van der Waals surface area contributed by atoms with Crippen molar-refractivity contribution < 1.29 is 53.1 Å². The van der Waals surface area contributed by atoms with Crippen LogP contribution in [0.2, 0.25) is 0 Å². The maximum Gasteiger partial charge on any atom is 0.266 e. The summed E-state index contributed by atoms with van der Waals surface area (Å²) in [6.07, 6.45) is 1.83. The summed E-state index contributed by atoms with van der Waals surface area (Å²) in [5.74, 6) is -3.66. The summed E-state index contributed by atoms with van der Waals surface area (Å²) in [6, 6.07) is 11.7. The Bertz CT molecular complexity index is 1840. The molecule has 0 saturated carbocycles. The van der Waals surface area contributed by atoms with Crippen LogP contribution in [0.5, 0.6) is 0 Å². The molecule has 0 bridgehead atoms. The molecule has 15 nitrogen and oxygen atoms in total. The minimum Gasteiger partial charge on any atom is -0.351 e. The van der Waals surface area contributed by atoms with Crippen molar-refractivity contribution in [3.8, 4) is 0 Å². The lowest BCUT2D eigenvalue weighted by atomic mass is 9.77. The molecule has 0 radical (unpaired) electrons. The average Bonchev–Trinajstić information content (AvgIpc) is 3.12. The van der Waals surface area contributed by atoms with Crippen LogP contribution in [0.3, 0.4) is 0 Å². The van der Waals surface area contributed by atoms with Crippen molar-refractivity contribution in [2.75, 3.05) is 36.9 Å². The van der Waals surface area contributed by atoms with Crippen LogP contribution in [0.25, 0.3) is 0 Å². The van der Waals surface area contributed by atoms with Crippen molar-refractivity contribution in [1.82, 2.24) is 10.6 Å². The molecule has 0 fully saturated rings. The summed E-state index contributed by atoms with van der Waals surface area (Å²) >= 11 is 0. The van der Waals surface area contributed by atoms with Crippen LogP contribution in [0, 0.1) is 0 Å². The summed E-state index contributed by atoms with van der Waals surface area (Å²) in [7, 11) is -13.1. The zero-order chi connectivity index (χ0) is 33.6. The average molecular weight is 688 g/mol. The number of rotatable bonds is 15. The zero-order valence-electron chi connectivity index (χ0n) is 24.5. The summed E-state index contributed by atoms with van der Waals surface area (Å²) in [6.45, 7) is 2.77. The fraction of sp³-hybridized carbons (Fsp3) is 0.407. The lowest BCUT2D eigenvalue weighted by Crippen LogP contribution is -2.34. The van der Waals surface area contributed by atoms with Crippen molar-refractivity contribution in [3.63, 3.8) is 0 Å². The first kappa shape index (κ1) is 35.9. The van der Waals surface area contributed by atoms with Crippen molar-refractivity contribution in [1.29, 1.82) is 0 Å². The number of para-hydroxylation sites is 1. The number of hydrogen-bond donors (Lipinski definition) is 5. The number of nitrogens with one attached hydrogen (secondary N) is 2. The van der Waals surface area contributed by atoms with Crippen LogP contribution in [0.15, 0.2) is 47.5 Å².